The molecule has 0 amide bonds. The molecule has 0 aliphatic heterocycles. The van der Waals surface area contributed by atoms with Crippen LogP contribution < -0.4 is 5.73 Å². The van der Waals surface area contributed by atoms with Gasteiger partial charge in [0.1, 0.15) is 0 Å². The SMILES string of the molecule is NC1(C2C3CC4CC(C3)CC2C4)CCCCC1. The molecule has 0 aromatic heterocycles. The molecule has 0 aromatic carbocycles. The zero-order valence-corrected chi connectivity index (χ0v) is 11.0. The molecule has 5 saturated carbocycles. The minimum absolute atomic E-state index is 0.251. The molecule has 5 aliphatic carbocycles. The van der Waals surface area contributed by atoms with Gasteiger partial charge in [-0.3, -0.25) is 0 Å². The van der Waals surface area contributed by atoms with Crippen molar-refractivity contribution in [3.8, 4) is 0 Å². The first kappa shape index (κ1) is 10.8. The largest absolute Gasteiger partial charge is 0.325 e. The number of hydrogen-bond acceptors (Lipinski definition) is 1. The highest BCUT2D eigenvalue weighted by Gasteiger charge is 2.54. The van der Waals surface area contributed by atoms with Crippen LogP contribution in [0.1, 0.15) is 64.2 Å². The summed E-state index contributed by atoms with van der Waals surface area (Å²) in [6, 6.07) is 0. The molecular formula is C16H27N. The Morgan fingerprint density at radius 3 is 1.76 bits per heavy atom. The van der Waals surface area contributed by atoms with E-state index in [1.165, 1.54) is 57.8 Å². The molecule has 0 aromatic rings. The van der Waals surface area contributed by atoms with Crippen LogP contribution >= 0.6 is 0 Å². The summed E-state index contributed by atoms with van der Waals surface area (Å²) in [5, 5.41) is 0. The summed E-state index contributed by atoms with van der Waals surface area (Å²) in [6.07, 6.45) is 14.6. The summed E-state index contributed by atoms with van der Waals surface area (Å²) >= 11 is 0. The Labute approximate surface area is 106 Å². The minimum Gasteiger partial charge on any atom is -0.325 e. The van der Waals surface area contributed by atoms with Gasteiger partial charge in [0.15, 0.2) is 0 Å². The minimum atomic E-state index is 0.251. The van der Waals surface area contributed by atoms with E-state index in [0.29, 0.717) is 0 Å². The Morgan fingerprint density at radius 2 is 1.24 bits per heavy atom. The summed E-state index contributed by atoms with van der Waals surface area (Å²) in [4.78, 5) is 0. The van der Waals surface area contributed by atoms with Gasteiger partial charge in [-0.15, -0.1) is 0 Å². The van der Waals surface area contributed by atoms with Crippen molar-refractivity contribution in [2.24, 2.45) is 35.3 Å². The van der Waals surface area contributed by atoms with Crippen LogP contribution in [0.25, 0.3) is 0 Å². The standard InChI is InChI=1S/C16H27N/c17-16(4-2-1-3-5-16)15-13-7-11-6-12(9-13)10-14(15)8-11/h11-15H,1-10,17H2. The van der Waals surface area contributed by atoms with Crippen molar-refractivity contribution in [3.05, 3.63) is 0 Å². The zero-order chi connectivity index (χ0) is 11.5. The lowest BCUT2D eigenvalue weighted by Gasteiger charge is -2.60. The van der Waals surface area contributed by atoms with Gasteiger partial charge in [0.2, 0.25) is 0 Å². The highest BCUT2D eigenvalue weighted by Crippen LogP contribution is 2.60. The fourth-order valence-electron chi connectivity index (χ4n) is 6.41. The van der Waals surface area contributed by atoms with E-state index in [1.807, 2.05) is 0 Å². The van der Waals surface area contributed by atoms with E-state index in [1.54, 1.807) is 6.42 Å². The highest BCUT2D eigenvalue weighted by atomic mass is 14.8. The van der Waals surface area contributed by atoms with E-state index in [2.05, 4.69) is 0 Å². The Hall–Kier alpha value is -0.0400. The molecule has 5 aliphatic rings. The third-order valence-electron chi connectivity index (χ3n) is 6.68. The van der Waals surface area contributed by atoms with E-state index in [4.69, 9.17) is 5.73 Å². The monoisotopic (exact) mass is 233 g/mol. The van der Waals surface area contributed by atoms with E-state index in [-0.39, 0.29) is 5.54 Å². The van der Waals surface area contributed by atoms with Gasteiger partial charge < -0.3 is 5.73 Å². The first-order valence-corrected chi connectivity index (χ1v) is 8.03. The maximum atomic E-state index is 6.88. The van der Waals surface area contributed by atoms with Gasteiger partial charge in [-0.1, -0.05) is 19.3 Å². The zero-order valence-electron chi connectivity index (χ0n) is 11.0. The number of rotatable bonds is 1. The molecule has 0 spiro atoms. The number of hydrogen-bond donors (Lipinski definition) is 1. The third-order valence-corrected chi connectivity index (χ3v) is 6.68. The van der Waals surface area contributed by atoms with Gasteiger partial charge in [-0.05, 0) is 74.5 Å². The van der Waals surface area contributed by atoms with Crippen LogP contribution in [0.4, 0.5) is 0 Å². The van der Waals surface area contributed by atoms with Crippen molar-refractivity contribution >= 4 is 0 Å². The van der Waals surface area contributed by atoms with Gasteiger partial charge in [-0.2, -0.15) is 0 Å². The molecule has 4 bridgehead atoms. The lowest BCUT2D eigenvalue weighted by molar-refractivity contribution is -0.0771. The predicted molar refractivity (Wildman–Crippen MR) is 70.5 cm³/mol. The fraction of sp³-hybridized carbons (Fsp3) is 1.00. The molecule has 0 unspecified atom stereocenters. The molecule has 0 heterocycles. The predicted octanol–water partition coefficient (Wildman–Crippen LogP) is 3.72. The molecule has 0 radical (unpaired) electrons. The van der Waals surface area contributed by atoms with E-state index in [0.717, 1.165) is 29.6 Å². The summed E-state index contributed by atoms with van der Waals surface area (Å²) in [6.45, 7) is 0. The Kier molecular flexibility index (Phi) is 2.38. The van der Waals surface area contributed by atoms with Gasteiger partial charge in [-0.25, -0.2) is 0 Å². The molecule has 0 atom stereocenters. The maximum absolute atomic E-state index is 6.88. The number of nitrogens with two attached hydrogens (primary N) is 1. The second-order valence-electron chi connectivity index (χ2n) is 7.75. The molecule has 17 heavy (non-hydrogen) atoms. The van der Waals surface area contributed by atoms with Crippen LogP contribution in [0.15, 0.2) is 0 Å². The molecule has 5 fully saturated rings. The van der Waals surface area contributed by atoms with Crippen molar-refractivity contribution in [1.29, 1.82) is 0 Å². The molecule has 1 nitrogen and oxygen atoms in total. The average Bonchev–Trinajstić information content (AvgIpc) is 2.27. The van der Waals surface area contributed by atoms with Crippen LogP contribution in [0.5, 0.6) is 0 Å². The quantitative estimate of drug-likeness (QED) is 0.734. The van der Waals surface area contributed by atoms with Gasteiger partial charge in [0, 0.05) is 5.54 Å². The van der Waals surface area contributed by atoms with Gasteiger partial charge in [0.25, 0.3) is 0 Å². The summed E-state index contributed by atoms with van der Waals surface area (Å²) in [5.41, 5.74) is 7.14. The van der Waals surface area contributed by atoms with E-state index < -0.39 is 0 Å². The van der Waals surface area contributed by atoms with E-state index >= 15 is 0 Å². The van der Waals surface area contributed by atoms with Crippen LogP contribution in [0.2, 0.25) is 0 Å². The molecule has 2 N–H and O–H groups in total. The lowest BCUT2D eigenvalue weighted by Crippen LogP contribution is -2.59. The van der Waals surface area contributed by atoms with Crippen LogP contribution in [0.3, 0.4) is 0 Å². The van der Waals surface area contributed by atoms with Crippen molar-refractivity contribution in [1.82, 2.24) is 0 Å². The highest BCUT2D eigenvalue weighted by molar-refractivity contribution is 5.07. The van der Waals surface area contributed by atoms with E-state index in [9.17, 15) is 0 Å². The Morgan fingerprint density at radius 1 is 0.706 bits per heavy atom. The summed E-state index contributed by atoms with van der Waals surface area (Å²) < 4.78 is 0. The molecular weight excluding hydrogens is 206 g/mol. The Balaban J connectivity index is 1.61. The summed E-state index contributed by atoms with van der Waals surface area (Å²) in [7, 11) is 0. The van der Waals surface area contributed by atoms with Gasteiger partial charge in [0.05, 0.1) is 0 Å². The van der Waals surface area contributed by atoms with Crippen molar-refractivity contribution < 1.29 is 0 Å². The third kappa shape index (κ3) is 1.61. The fourth-order valence-corrected chi connectivity index (χ4v) is 6.41. The second-order valence-corrected chi connectivity index (χ2v) is 7.75. The maximum Gasteiger partial charge on any atom is 0.0188 e. The lowest BCUT2D eigenvalue weighted by atomic mass is 9.47. The van der Waals surface area contributed by atoms with Crippen LogP contribution in [0, 0.1) is 29.6 Å². The first-order valence-electron chi connectivity index (χ1n) is 8.03. The second kappa shape index (κ2) is 3.73. The smallest absolute Gasteiger partial charge is 0.0188 e. The van der Waals surface area contributed by atoms with Gasteiger partial charge >= 0.3 is 0 Å². The first-order chi connectivity index (χ1) is 8.24. The molecule has 96 valence electrons. The van der Waals surface area contributed by atoms with Crippen LogP contribution in [-0.2, 0) is 0 Å². The average molecular weight is 233 g/mol. The molecule has 1 heteroatoms. The Bertz CT molecular complexity index is 275. The summed E-state index contributed by atoms with van der Waals surface area (Å²) in [5.74, 6) is 5.15. The molecule has 0 saturated heterocycles. The topological polar surface area (TPSA) is 26.0 Å². The van der Waals surface area contributed by atoms with Crippen molar-refractivity contribution in [2.45, 2.75) is 69.7 Å². The normalized spacial score (nSPS) is 51.7. The van der Waals surface area contributed by atoms with Crippen molar-refractivity contribution in [3.63, 3.8) is 0 Å². The van der Waals surface area contributed by atoms with Crippen LogP contribution in [-0.4, -0.2) is 5.54 Å². The van der Waals surface area contributed by atoms with Crippen molar-refractivity contribution in [2.75, 3.05) is 0 Å². The molecule has 5 rings (SSSR count).